The molecule has 0 aliphatic carbocycles. The van der Waals surface area contributed by atoms with Crippen LogP contribution >= 0.6 is 0 Å². The summed E-state index contributed by atoms with van der Waals surface area (Å²) in [6.45, 7) is -0.526. The van der Waals surface area contributed by atoms with Gasteiger partial charge in [0.2, 0.25) is 0 Å². The number of rotatable bonds is 4. The van der Waals surface area contributed by atoms with Gasteiger partial charge in [0.05, 0.1) is 30.3 Å². The van der Waals surface area contributed by atoms with Crippen molar-refractivity contribution in [3.8, 4) is 6.07 Å². The Balaban J connectivity index is 2.20. The van der Waals surface area contributed by atoms with Gasteiger partial charge in [0.1, 0.15) is 37.6 Å². The maximum Gasteiger partial charge on any atom is 0.130 e. The zero-order valence-corrected chi connectivity index (χ0v) is 13.6. The number of nitrogens with zero attached hydrogens (tertiary/aromatic N) is 2. The molecule has 0 radical (unpaired) electrons. The molecular weight excluding hydrogens is 328 g/mol. The fraction of sp³-hybridized carbons (Fsp3) is 0.471. The zero-order chi connectivity index (χ0) is 18.1. The first-order valence-electron chi connectivity index (χ1n) is 7.89. The lowest BCUT2D eigenvalue weighted by Crippen LogP contribution is -2.55. The normalized spacial score (nSPS) is 29.5. The highest BCUT2D eigenvalue weighted by molar-refractivity contribution is 5.85. The Bertz CT molecular complexity index is 796. The summed E-state index contributed by atoms with van der Waals surface area (Å²) in [6, 6.07) is 9.34. The van der Waals surface area contributed by atoms with Crippen LogP contribution in [0.1, 0.15) is 17.4 Å². The lowest BCUT2D eigenvalue weighted by Gasteiger charge is -2.40. The van der Waals surface area contributed by atoms with E-state index in [4.69, 9.17) is 9.57 Å². The van der Waals surface area contributed by atoms with Gasteiger partial charge in [0.15, 0.2) is 0 Å². The van der Waals surface area contributed by atoms with Crippen LogP contribution in [0.2, 0.25) is 0 Å². The molecule has 1 aliphatic rings. The Morgan fingerprint density at radius 2 is 1.92 bits per heavy atom. The monoisotopic (exact) mass is 348 g/mol. The van der Waals surface area contributed by atoms with Crippen molar-refractivity contribution in [2.45, 2.75) is 36.9 Å². The molecule has 5 atom stereocenters. The fourth-order valence-electron chi connectivity index (χ4n) is 3.37. The third kappa shape index (κ3) is 2.76. The van der Waals surface area contributed by atoms with Crippen molar-refractivity contribution in [3.05, 3.63) is 35.5 Å². The highest BCUT2D eigenvalue weighted by atomic mass is 16.6. The molecule has 1 fully saturated rings. The van der Waals surface area contributed by atoms with Gasteiger partial charge in [-0.2, -0.15) is 9.99 Å². The van der Waals surface area contributed by atoms with E-state index in [0.29, 0.717) is 16.8 Å². The van der Waals surface area contributed by atoms with Crippen LogP contribution in [0.25, 0.3) is 10.9 Å². The summed E-state index contributed by atoms with van der Waals surface area (Å²) in [5.41, 5.74) is 1.66. The van der Waals surface area contributed by atoms with Gasteiger partial charge in [-0.15, -0.1) is 0 Å². The second-order valence-corrected chi connectivity index (χ2v) is 5.94. The smallest absolute Gasteiger partial charge is 0.130 e. The molecule has 1 saturated heterocycles. The molecule has 0 bridgehead atoms. The van der Waals surface area contributed by atoms with Crippen molar-refractivity contribution in [1.82, 2.24) is 4.73 Å². The second-order valence-electron chi connectivity index (χ2n) is 5.94. The number of aliphatic hydroxyl groups excluding tert-OH is 4. The van der Waals surface area contributed by atoms with Gasteiger partial charge in [0.25, 0.3) is 0 Å². The van der Waals surface area contributed by atoms with Gasteiger partial charge in [-0.05, 0) is 6.07 Å². The van der Waals surface area contributed by atoms with Crippen molar-refractivity contribution < 1.29 is 30.0 Å². The van der Waals surface area contributed by atoms with Crippen LogP contribution in [0.3, 0.4) is 0 Å². The van der Waals surface area contributed by atoms with Crippen LogP contribution in [0.15, 0.2) is 24.3 Å². The topological polar surface area (TPSA) is 128 Å². The van der Waals surface area contributed by atoms with Gasteiger partial charge in [-0.25, -0.2) is 0 Å². The standard InChI is InChI=1S/C17H20N2O6/c1-24-19-11-5-3-2-4-9(11)10(6-7-18)13(19)17-16(23)15(22)14(21)12(8-20)25-17/h2-5,12,14-17,20-23H,6,8H2,1H3/t12-,14-,15+,16-,17+/m1/s1. The SMILES string of the molecule is COn1c([C@@H]2O[C@H](CO)[C@@H](O)[C@H](O)[C@H]2O)c(CC#N)c2ccccc21. The molecule has 1 aromatic carbocycles. The summed E-state index contributed by atoms with van der Waals surface area (Å²) in [5.74, 6) is 0. The van der Waals surface area contributed by atoms with Crippen molar-refractivity contribution >= 4 is 10.9 Å². The molecular formula is C17H20N2O6. The maximum atomic E-state index is 10.4. The largest absolute Gasteiger partial charge is 0.417 e. The minimum atomic E-state index is -1.51. The zero-order valence-electron chi connectivity index (χ0n) is 13.6. The highest BCUT2D eigenvalue weighted by Crippen LogP contribution is 2.38. The lowest BCUT2D eigenvalue weighted by atomic mass is 9.91. The third-order valence-corrected chi connectivity index (χ3v) is 4.58. The summed E-state index contributed by atoms with van der Waals surface area (Å²) >= 11 is 0. The molecule has 1 aliphatic heterocycles. The van der Waals surface area contributed by atoms with E-state index in [1.54, 1.807) is 6.07 Å². The quantitative estimate of drug-likeness (QED) is 0.574. The number of para-hydroxylation sites is 1. The second kappa shape index (κ2) is 7.00. The van der Waals surface area contributed by atoms with E-state index in [-0.39, 0.29) is 6.42 Å². The molecule has 2 aromatic rings. The van der Waals surface area contributed by atoms with Crippen LogP contribution in [-0.2, 0) is 11.2 Å². The van der Waals surface area contributed by atoms with E-state index >= 15 is 0 Å². The molecule has 3 rings (SSSR count). The molecule has 134 valence electrons. The number of nitriles is 1. The lowest BCUT2D eigenvalue weighted by molar-refractivity contribution is -0.234. The maximum absolute atomic E-state index is 10.4. The van der Waals surface area contributed by atoms with E-state index in [1.807, 2.05) is 18.2 Å². The van der Waals surface area contributed by atoms with Crippen molar-refractivity contribution in [2.24, 2.45) is 0 Å². The average Bonchev–Trinajstić information content (AvgIpc) is 2.94. The molecule has 1 aromatic heterocycles. The van der Waals surface area contributed by atoms with Crippen LogP contribution < -0.4 is 4.84 Å². The number of benzene rings is 1. The first kappa shape index (κ1) is 17.7. The first-order valence-corrected chi connectivity index (χ1v) is 7.89. The van der Waals surface area contributed by atoms with E-state index in [1.165, 1.54) is 11.8 Å². The third-order valence-electron chi connectivity index (χ3n) is 4.58. The van der Waals surface area contributed by atoms with Crippen LogP contribution in [-0.4, -0.2) is 63.3 Å². The number of aromatic nitrogens is 1. The Morgan fingerprint density at radius 3 is 2.56 bits per heavy atom. The van der Waals surface area contributed by atoms with Crippen molar-refractivity contribution in [1.29, 1.82) is 5.26 Å². The molecule has 0 unspecified atom stereocenters. The molecule has 0 saturated carbocycles. The van der Waals surface area contributed by atoms with Crippen molar-refractivity contribution in [2.75, 3.05) is 13.7 Å². The predicted molar refractivity (Wildman–Crippen MR) is 86.5 cm³/mol. The van der Waals surface area contributed by atoms with Crippen LogP contribution in [0.4, 0.5) is 0 Å². The summed E-state index contributed by atoms with van der Waals surface area (Å²) in [7, 11) is 1.44. The van der Waals surface area contributed by atoms with E-state index < -0.39 is 37.1 Å². The van der Waals surface area contributed by atoms with E-state index in [2.05, 4.69) is 6.07 Å². The van der Waals surface area contributed by atoms with Crippen LogP contribution in [0, 0.1) is 11.3 Å². The molecule has 25 heavy (non-hydrogen) atoms. The minimum absolute atomic E-state index is 0.0429. The molecule has 4 N–H and O–H groups in total. The Morgan fingerprint density at radius 1 is 1.20 bits per heavy atom. The number of ether oxygens (including phenoxy) is 1. The Kier molecular flexibility index (Phi) is 4.94. The predicted octanol–water partition coefficient (Wildman–Crippen LogP) is -0.719. The molecule has 0 amide bonds. The molecule has 2 heterocycles. The molecule has 8 heteroatoms. The molecule has 8 nitrogen and oxygen atoms in total. The average molecular weight is 348 g/mol. The Hall–Kier alpha value is -2.15. The summed E-state index contributed by atoms with van der Waals surface area (Å²) in [4.78, 5) is 5.43. The van der Waals surface area contributed by atoms with Crippen LogP contribution in [0.5, 0.6) is 0 Å². The summed E-state index contributed by atoms with van der Waals surface area (Å²) in [6.07, 6.45) is -6.48. The number of fused-ring (bicyclic) bond motifs is 1. The number of aliphatic hydroxyl groups is 4. The van der Waals surface area contributed by atoms with Gasteiger partial charge >= 0.3 is 0 Å². The van der Waals surface area contributed by atoms with E-state index in [0.717, 1.165) is 5.39 Å². The summed E-state index contributed by atoms with van der Waals surface area (Å²) in [5, 5.41) is 49.9. The fourth-order valence-corrected chi connectivity index (χ4v) is 3.37. The Labute approximate surface area is 144 Å². The first-order chi connectivity index (χ1) is 12.0. The van der Waals surface area contributed by atoms with Gasteiger partial charge in [-0.1, -0.05) is 18.2 Å². The highest BCUT2D eigenvalue weighted by Gasteiger charge is 2.46. The number of hydrogen-bond acceptors (Lipinski definition) is 7. The number of hydrogen-bond donors (Lipinski definition) is 4. The van der Waals surface area contributed by atoms with Gasteiger partial charge in [0, 0.05) is 10.9 Å². The molecule has 0 spiro atoms. The van der Waals surface area contributed by atoms with Gasteiger partial charge in [-0.3, -0.25) is 0 Å². The van der Waals surface area contributed by atoms with Crippen molar-refractivity contribution in [3.63, 3.8) is 0 Å². The van der Waals surface area contributed by atoms with Gasteiger partial charge < -0.3 is 30.0 Å². The minimum Gasteiger partial charge on any atom is -0.417 e. The summed E-state index contributed by atoms with van der Waals surface area (Å²) < 4.78 is 7.09. The van der Waals surface area contributed by atoms with E-state index in [9.17, 15) is 25.7 Å².